The van der Waals surface area contributed by atoms with Crippen LogP contribution in [-0.4, -0.2) is 4.98 Å². The highest BCUT2D eigenvalue weighted by Crippen LogP contribution is 2.26. The quantitative estimate of drug-likeness (QED) is 0.275. The second-order valence-electron chi connectivity index (χ2n) is 9.05. The van der Waals surface area contributed by atoms with E-state index in [1.165, 1.54) is 34.4 Å². The summed E-state index contributed by atoms with van der Waals surface area (Å²) in [6.07, 6.45) is 20.6. The Balaban J connectivity index is 1.86. The van der Waals surface area contributed by atoms with E-state index in [2.05, 4.69) is 78.5 Å². The third kappa shape index (κ3) is 8.11. The molecule has 2 rings (SSSR count). The summed E-state index contributed by atoms with van der Waals surface area (Å²) in [5.41, 5.74) is 4.50. The average molecular weight is 394 g/mol. The summed E-state index contributed by atoms with van der Waals surface area (Å²) >= 11 is 0. The Labute approximate surface area is 174 Å². The summed E-state index contributed by atoms with van der Waals surface area (Å²) in [5, 5.41) is 3.74. The summed E-state index contributed by atoms with van der Waals surface area (Å²) in [4.78, 5) is 4.25. The van der Waals surface area contributed by atoms with Crippen LogP contribution in [0.1, 0.15) is 65.7 Å². The van der Waals surface area contributed by atoms with Crippen molar-refractivity contribution in [2.24, 2.45) is 5.41 Å². The van der Waals surface area contributed by atoms with Crippen LogP contribution in [0.2, 0.25) is 0 Å². The van der Waals surface area contributed by atoms with Gasteiger partial charge in [0, 0.05) is 12.4 Å². The lowest BCUT2D eigenvalue weighted by molar-refractivity contribution is 0.413. The standard InChI is InChI=1S/C26H36NP/c1-20(9-6-11-22(17-21(2)28)18-26(3,4)5)10-7-12-23-13-8-14-24-19-27-16-15-25(23)24/h6,11,14-17,19H,1-2,7-10,12-13,18,28H2,3-5H3/b11-6-,22-17+. The van der Waals surface area contributed by atoms with E-state index in [4.69, 9.17) is 0 Å². The van der Waals surface area contributed by atoms with Crippen molar-refractivity contribution in [3.8, 4) is 0 Å². The van der Waals surface area contributed by atoms with Crippen LogP contribution in [0.25, 0.3) is 11.6 Å². The monoisotopic (exact) mass is 393 g/mol. The Bertz CT molecular complexity index is 878. The van der Waals surface area contributed by atoms with Gasteiger partial charge in [0.2, 0.25) is 0 Å². The normalized spacial score (nSPS) is 14.7. The Morgan fingerprint density at radius 1 is 1.29 bits per heavy atom. The third-order valence-corrected chi connectivity index (χ3v) is 5.06. The van der Waals surface area contributed by atoms with Crippen molar-refractivity contribution in [3.63, 3.8) is 0 Å². The summed E-state index contributed by atoms with van der Waals surface area (Å²) in [6, 6.07) is 2.17. The van der Waals surface area contributed by atoms with Crippen molar-refractivity contribution >= 4 is 20.9 Å². The molecule has 1 aromatic heterocycles. The fourth-order valence-corrected chi connectivity index (χ4v) is 3.94. The molecular formula is C26H36NP. The highest BCUT2D eigenvalue weighted by molar-refractivity contribution is 7.22. The second-order valence-corrected chi connectivity index (χ2v) is 9.79. The number of pyridine rings is 1. The van der Waals surface area contributed by atoms with Gasteiger partial charge in [0.25, 0.3) is 0 Å². The lowest BCUT2D eigenvalue weighted by atomic mass is 9.87. The topological polar surface area (TPSA) is 12.9 Å². The van der Waals surface area contributed by atoms with Gasteiger partial charge >= 0.3 is 0 Å². The smallest absolute Gasteiger partial charge is 0.0343 e. The van der Waals surface area contributed by atoms with E-state index in [9.17, 15) is 0 Å². The molecule has 1 atom stereocenters. The molecule has 1 nitrogen and oxygen atoms in total. The minimum atomic E-state index is 0.272. The molecule has 0 aromatic carbocycles. The summed E-state index contributed by atoms with van der Waals surface area (Å²) in [5.74, 6) is 0. The third-order valence-electron chi connectivity index (χ3n) is 4.90. The van der Waals surface area contributed by atoms with Gasteiger partial charge in [-0.25, -0.2) is 0 Å². The zero-order valence-corrected chi connectivity index (χ0v) is 19.1. The molecule has 0 aliphatic heterocycles. The molecule has 0 saturated carbocycles. The van der Waals surface area contributed by atoms with Gasteiger partial charge in [0.05, 0.1) is 0 Å². The fraction of sp³-hybridized carbons (Fsp3) is 0.423. The van der Waals surface area contributed by atoms with Crippen LogP contribution >= 0.6 is 9.24 Å². The molecule has 150 valence electrons. The maximum absolute atomic E-state index is 4.30. The zero-order chi connectivity index (χ0) is 20.6. The molecular weight excluding hydrogens is 357 g/mol. The first-order valence-corrected chi connectivity index (χ1v) is 10.9. The van der Waals surface area contributed by atoms with E-state index in [0.717, 1.165) is 37.4 Å². The van der Waals surface area contributed by atoms with Crippen molar-refractivity contribution in [2.45, 2.75) is 65.7 Å². The molecule has 0 N–H and O–H groups in total. The van der Waals surface area contributed by atoms with Crippen LogP contribution in [0.15, 0.2) is 66.3 Å². The van der Waals surface area contributed by atoms with Crippen molar-refractivity contribution in [1.29, 1.82) is 0 Å². The van der Waals surface area contributed by atoms with E-state index in [0.29, 0.717) is 0 Å². The highest BCUT2D eigenvalue weighted by Gasteiger charge is 2.11. The van der Waals surface area contributed by atoms with E-state index in [-0.39, 0.29) is 5.41 Å². The molecule has 0 saturated heterocycles. The lowest BCUT2D eigenvalue weighted by Crippen LogP contribution is -2.29. The fourth-order valence-electron chi connectivity index (χ4n) is 3.73. The molecule has 28 heavy (non-hydrogen) atoms. The maximum atomic E-state index is 4.30. The van der Waals surface area contributed by atoms with Crippen LogP contribution in [0.5, 0.6) is 0 Å². The SMILES string of the molecule is C=C(P)/C=C(\C=C/CC(=C)CCCC1=c2ccncc2=CCC1)CC(C)(C)C. The predicted octanol–water partition coefficient (Wildman–Crippen LogP) is 6.23. The van der Waals surface area contributed by atoms with Crippen LogP contribution in [0.3, 0.4) is 0 Å². The van der Waals surface area contributed by atoms with Gasteiger partial charge in [-0.2, -0.15) is 0 Å². The summed E-state index contributed by atoms with van der Waals surface area (Å²) in [6.45, 7) is 15.1. The van der Waals surface area contributed by atoms with E-state index < -0.39 is 0 Å². The number of rotatable bonds is 9. The first-order chi connectivity index (χ1) is 13.2. The molecule has 1 aliphatic carbocycles. The van der Waals surface area contributed by atoms with Crippen molar-refractivity contribution < 1.29 is 0 Å². The van der Waals surface area contributed by atoms with Gasteiger partial charge in [-0.1, -0.05) is 69.4 Å². The van der Waals surface area contributed by atoms with Crippen LogP contribution in [0.4, 0.5) is 0 Å². The van der Waals surface area contributed by atoms with E-state index >= 15 is 0 Å². The van der Waals surface area contributed by atoms with Gasteiger partial charge in [-0.05, 0) is 77.8 Å². The van der Waals surface area contributed by atoms with Crippen molar-refractivity contribution in [3.05, 3.63) is 76.7 Å². The molecule has 1 unspecified atom stereocenters. The molecule has 0 fully saturated rings. The lowest BCUT2D eigenvalue weighted by Gasteiger charge is -2.19. The van der Waals surface area contributed by atoms with E-state index in [1.54, 1.807) is 5.57 Å². The maximum Gasteiger partial charge on any atom is 0.0343 e. The molecule has 0 amide bonds. The Kier molecular flexibility index (Phi) is 8.64. The number of aromatic nitrogens is 1. The Morgan fingerprint density at radius 3 is 2.79 bits per heavy atom. The van der Waals surface area contributed by atoms with E-state index in [1.807, 2.05) is 12.4 Å². The molecule has 0 radical (unpaired) electrons. The first kappa shape index (κ1) is 22.6. The number of hydrogen-bond acceptors (Lipinski definition) is 1. The van der Waals surface area contributed by atoms with Gasteiger partial charge < -0.3 is 0 Å². The van der Waals surface area contributed by atoms with Gasteiger partial charge in [-0.15, -0.1) is 9.24 Å². The van der Waals surface area contributed by atoms with Crippen LogP contribution in [0, 0.1) is 5.41 Å². The number of fused-ring (bicyclic) bond motifs is 1. The van der Waals surface area contributed by atoms with Gasteiger partial charge in [0.1, 0.15) is 0 Å². The van der Waals surface area contributed by atoms with Crippen molar-refractivity contribution in [1.82, 2.24) is 4.98 Å². The molecule has 2 heteroatoms. The van der Waals surface area contributed by atoms with Crippen LogP contribution in [-0.2, 0) is 0 Å². The van der Waals surface area contributed by atoms with Gasteiger partial charge in [-0.3, -0.25) is 4.98 Å². The van der Waals surface area contributed by atoms with Crippen LogP contribution < -0.4 is 10.4 Å². The van der Waals surface area contributed by atoms with Gasteiger partial charge in [0.15, 0.2) is 0 Å². The first-order valence-electron chi connectivity index (χ1n) is 10.3. The Hall–Kier alpha value is -1.72. The highest BCUT2D eigenvalue weighted by atomic mass is 31.0. The minimum Gasteiger partial charge on any atom is -0.264 e. The molecule has 1 aliphatic rings. The number of nitrogens with zero attached hydrogens (tertiary/aromatic N) is 1. The second kappa shape index (κ2) is 10.7. The summed E-state index contributed by atoms with van der Waals surface area (Å²) < 4.78 is 0. The largest absolute Gasteiger partial charge is 0.264 e. The molecule has 0 bridgehead atoms. The molecule has 0 spiro atoms. The molecule has 1 heterocycles. The minimum absolute atomic E-state index is 0.272. The zero-order valence-electron chi connectivity index (χ0n) is 17.9. The number of allylic oxidation sites excluding steroid dienone is 6. The number of hydrogen-bond donors (Lipinski definition) is 0. The summed E-state index contributed by atoms with van der Waals surface area (Å²) in [7, 11) is 2.68. The Morgan fingerprint density at radius 2 is 2.07 bits per heavy atom. The van der Waals surface area contributed by atoms with Crippen molar-refractivity contribution in [2.75, 3.05) is 0 Å². The molecule has 1 aromatic rings. The average Bonchev–Trinajstić information content (AvgIpc) is 2.60. The predicted molar refractivity (Wildman–Crippen MR) is 128 cm³/mol.